The molecule has 0 aliphatic heterocycles. The quantitative estimate of drug-likeness (QED) is 0.787. The summed E-state index contributed by atoms with van der Waals surface area (Å²) in [5.41, 5.74) is 4.70. The Labute approximate surface area is 137 Å². The minimum Gasteiger partial charge on any atom is -0.411 e. The van der Waals surface area contributed by atoms with Gasteiger partial charge in [0.1, 0.15) is 8.24 Å². The lowest BCUT2D eigenvalue weighted by Crippen LogP contribution is -2.32. The number of hydrogen-bond acceptors (Lipinski definition) is 1. The SMILES string of the molecule is C=C(c1ccc(N[Si](C)(C)C)cc1)c1ccc([SiH](C)C)cc1. The second-order valence-corrected chi connectivity index (χ2v) is 14.9. The van der Waals surface area contributed by atoms with E-state index in [9.17, 15) is 0 Å². The Hall–Kier alpha value is -1.59. The van der Waals surface area contributed by atoms with E-state index in [1.54, 1.807) is 0 Å². The first-order valence-electron chi connectivity index (χ1n) is 7.94. The molecule has 0 heterocycles. The zero-order chi connectivity index (χ0) is 16.3. The molecule has 0 aliphatic rings. The van der Waals surface area contributed by atoms with Crippen LogP contribution in [0.1, 0.15) is 11.1 Å². The van der Waals surface area contributed by atoms with Crippen LogP contribution in [0.3, 0.4) is 0 Å². The molecule has 0 aromatic heterocycles. The Morgan fingerprint density at radius 3 is 1.73 bits per heavy atom. The first-order valence-corrected chi connectivity index (χ1v) is 14.3. The van der Waals surface area contributed by atoms with E-state index in [-0.39, 0.29) is 0 Å². The summed E-state index contributed by atoms with van der Waals surface area (Å²) in [4.78, 5) is 3.62. The third kappa shape index (κ3) is 4.45. The van der Waals surface area contributed by atoms with Crippen molar-refractivity contribution in [3.63, 3.8) is 0 Å². The largest absolute Gasteiger partial charge is 0.411 e. The van der Waals surface area contributed by atoms with Crippen LogP contribution in [0.4, 0.5) is 5.69 Å². The van der Waals surface area contributed by atoms with E-state index in [1.165, 1.54) is 22.0 Å². The normalized spacial score (nSPS) is 11.5. The van der Waals surface area contributed by atoms with E-state index in [1.807, 2.05) is 0 Å². The van der Waals surface area contributed by atoms with Crippen LogP contribution in [0.15, 0.2) is 55.1 Å². The van der Waals surface area contributed by atoms with Crippen LogP contribution in [-0.4, -0.2) is 17.0 Å². The highest BCUT2D eigenvalue weighted by Gasteiger charge is 2.12. The lowest BCUT2D eigenvalue weighted by atomic mass is 10.00. The minimum absolute atomic E-state index is 0.716. The molecule has 0 amide bonds. The highest BCUT2D eigenvalue weighted by atomic mass is 28.3. The van der Waals surface area contributed by atoms with Crippen molar-refractivity contribution in [1.82, 2.24) is 0 Å². The second kappa shape index (κ2) is 6.67. The smallest absolute Gasteiger partial charge is 0.144 e. The van der Waals surface area contributed by atoms with Crippen molar-refractivity contribution in [2.75, 3.05) is 4.98 Å². The summed E-state index contributed by atoms with van der Waals surface area (Å²) in [5.74, 6) is 0. The summed E-state index contributed by atoms with van der Waals surface area (Å²) < 4.78 is 0. The standard InChI is InChI=1S/C19H27NSi2/c1-15(17-9-13-19(14-10-17)21(2)3)16-7-11-18(12-8-16)20-22(4,5)6/h7-14,20-21H,1H2,2-6H3. The fourth-order valence-corrected chi connectivity index (χ4v) is 4.42. The molecule has 0 saturated carbocycles. The molecular weight excluding hydrogens is 298 g/mol. The van der Waals surface area contributed by atoms with Crippen molar-refractivity contribution in [3.8, 4) is 0 Å². The number of rotatable bonds is 5. The molecule has 0 spiro atoms. The number of nitrogens with one attached hydrogen (secondary N) is 1. The molecule has 1 nitrogen and oxygen atoms in total. The van der Waals surface area contributed by atoms with Crippen LogP contribution in [0, 0.1) is 0 Å². The van der Waals surface area contributed by atoms with Crippen LogP contribution in [0.25, 0.3) is 5.57 Å². The van der Waals surface area contributed by atoms with E-state index < -0.39 is 17.0 Å². The molecule has 22 heavy (non-hydrogen) atoms. The number of hydrogen-bond donors (Lipinski definition) is 1. The first-order chi connectivity index (χ1) is 10.3. The van der Waals surface area contributed by atoms with Gasteiger partial charge in [0.25, 0.3) is 0 Å². The van der Waals surface area contributed by atoms with Crippen molar-refractivity contribution in [2.24, 2.45) is 0 Å². The zero-order valence-corrected chi connectivity index (χ0v) is 16.6. The van der Waals surface area contributed by atoms with Gasteiger partial charge in [-0.25, -0.2) is 0 Å². The molecule has 1 N–H and O–H groups in total. The van der Waals surface area contributed by atoms with E-state index in [0.717, 1.165) is 5.57 Å². The van der Waals surface area contributed by atoms with Gasteiger partial charge < -0.3 is 4.98 Å². The first kappa shape index (κ1) is 16.8. The highest BCUT2D eigenvalue weighted by Crippen LogP contribution is 2.23. The molecule has 0 atom stereocenters. The number of benzene rings is 2. The Morgan fingerprint density at radius 1 is 0.864 bits per heavy atom. The lowest BCUT2D eigenvalue weighted by Gasteiger charge is -2.20. The van der Waals surface area contributed by atoms with Crippen molar-refractivity contribution in [1.29, 1.82) is 0 Å². The van der Waals surface area contributed by atoms with E-state index in [0.29, 0.717) is 0 Å². The predicted molar refractivity (Wildman–Crippen MR) is 106 cm³/mol. The maximum atomic E-state index is 4.27. The maximum absolute atomic E-state index is 4.27. The molecule has 2 rings (SSSR count). The summed E-state index contributed by atoms with van der Waals surface area (Å²) in [6.07, 6.45) is 0. The molecule has 0 unspecified atom stereocenters. The van der Waals surface area contributed by atoms with Gasteiger partial charge in [0.15, 0.2) is 0 Å². The third-order valence-corrected chi connectivity index (χ3v) is 6.44. The van der Waals surface area contributed by atoms with Crippen LogP contribution in [0.5, 0.6) is 0 Å². The highest BCUT2D eigenvalue weighted by molar-refractivity contribution is 6.79. The molecule has 2 aromatic rings. The molecular formula is C19H27NSi2. The zero-order valence-electron chi connectivity index (χ0n) is 14.4. The van der Waals surface area contributed by atoms with Gasteiger partial charge in [0.05, 0.1) is 8.80 Å². The molecule has 2 aromatic carbocycles. The lowest BCUT2D eigenvalue weighted by molar-refractivity contribution is 1.53. The Kier molecular flexibility index (Phi) is 5.09. The van der Waals surface area contributed by atoms with Gasteiger partial charge in [-0.2, -0.15) is 0 Å². The van der Waals surface area contributed by atoms with Crippen LogP contribution >= 0.6 is 0 Å². The monoisotopic (exact) mass is 325 g/mol. The Bertz CT molecular complexity index is 635. The summed E-state index contributed by atoms with van der Waals surface area (Å²) in [7, 11) is -2.01. The van der Waals surface area contributed by atoms with E-state index >= 15 is 0 Å². The molecule has 116 valence electrons. The molecule has 0 bridgehead atoms. The molecule has 0 aliphatic carbocycles. The third-order valence-electron chi connectivity index (χ3n) is 3.68. The molecule has 0 radical (unpaired) electrons. The average Bonchev–Trinajstić information content (AvgIpc) is 2.46. The topological polar surface area (TPSA) is 12.0 Å². The van der Waals surface area contributed by atoms with Crippen LogP contribution in [-0.2, 0) is 0 Å². The predicted octanol–water partition coefficient (Wildman–Crippen LogP) is 4.69. The van der Waals surface area contributed by atoms with Gasteiger partial charge in [-0.1, -0.05) is 80.9 Å². The van der Waals surface area contributed by atoms with E-state index in [4.69, 9.17) is 0 Å². The Morgan fingerprint density at radius 2 is 1.32 bits per heavy atom. The van der Waals surface area contributed by atoms with Gasteiger partial charge in [-0.15, -0.1) is 0 Å². The van der Waals surface area contributed by atoms with Crippen molar-refractivity contribution >= 4 is 33.5 Å². The van der Waals surface area contributed by atoms with Gasteiger partial charge in [-0.05, 0) is 28.8 Å². The fourth-order valence-electron chi connectivity index (χ4n) is 2.42. The van der Waals surface area contributed by atoms with Gasteiger partial charge in [-0.3, -0.25) is 0 Å². The average molecular weight is 326 g/mol. The van der Waals surface area contributed by atoms with Crippen molar-refractivity contribution in [3.05, 3.63) is 66.2 Å². The summed E-state index contributed by atoms with van der Waals surface area (Å²) in [6.45, 7) is 15.9. The number of anilines is 1. The van der Waals surface area contributed by atoms with Crippen molar-refractivity contribution in [2.45, 2.75) is 32.7 Å². The molecule has 0 fully saturated rings. The minimum atomic E-state index is -1.29. The van der Waals surface area contributed by atoms with Gasteiger partial charge in [0.2, 0.25) is 0 Å². The van der Waals surface area contributed by atoms with Gasteiger partial charge in [0, 0.05) is 5.69 Å². The van der Waals surface area contributed by atoms with Crippen molar-refractivity contribution < 1.29 is 0 Å². The molecule has 0 saturated heterocycles. The summed E-state index contributed by atoms with van der Waals surface area (Å²) in [6, 6.07) is 17.6. The molecule has 3 heteroatoms. The van der Waals surface area contributed by atoms with E-state index in [2.05, 4.69) is 92.8 Å². The summed E-state index contributed by atoms with van der Waals surface area (Å²) in [5, 5.41) is 1.51. The second-order valence-electron chi connectivity index (χ2n) is 7.21. The van der Waals surface area contributed by atoms with Gasteiger partial charge >= 0.3 is 0 Å². The Balaban J connectivity index is 2.15. The van der Waals surface area contributed by atoms with Crippen LogP contribution in [0.2, 0.25) is 32.7 Å². The summed E-state index contributed by atoms with van der Waals surface area (Å²) >= 11 is 0. The fraction of sp³-hybridized carbons (Fsp3) is 0.263. The maximum Gasteiger partial charge on any atom is 0.144 e. The van der Waals surface area contributed by atoms with Crippen LogP contribution < -0.4 is 10.2 Å².